The van der Waals surface area contributed by atoms with Crippen molar-refractivity contribution in [1.82, 2.24) is 5.32 Å². The monoisotopic (exact) mass is 261 g/mol. The van der Waals surface area contributed by atoms with Crippen molar-refractivity contribution >= 4 is 11.6 Å². The zero-order valence-corrected chi connectivity index (χ0v) is 11.7. The molecule has 1 aliphatic rings. The first kappa shape index (κ1) is 13.9. The molecule has 0 saturated heterocycles. The number of fused-ring (bicyclic) bond motifs is 1. The third-order valence-corrected chi connectivity index (χ3v) is 3.43. The minimum Gasteiger partial charge on any atom is -0.362 e. The lowest BCUT2D eigenvalue weighted by Crippen LogP contribution is -2.42. The highest BCUT2D eigenvalue weighted by Crippen LogP contribution is 2.31. The van der Waals surface area contributed by atoms with Gasteiger partial charge in [-0.15, -0.1) is 0 Å². The summed E-state index contributed by atoms with van der Waals surface area (Å²) in [4.78, 5) is 14.0. The van der Waals surface area contributed by atoms with Gasteiger partial charge in [0.1, 0.15) is 0 Å². The summed E-state index contributed by atoms with van der Waals surface area (Å²) >= 11 is 0. The summed E-state index contributed by atoms with van der Waals surface area (Å²) in [6.07, 6.45) is 0.897. The van der Waals surface area contributed by atoms with Gasteiger partial charge in [0.25, 0.3) is 0 Å². The number of carbonyl (C=O) groups is 1. The maximum absolute atomic E-state index is 11.9. The predicted molar refractivity (Wildman–Crippen MR) is 78.0 cm³/mol. The second-order valence-corrected chi connectivity index (χ2v) is 5.57. The molecule has 1 aliphatic heterocycles. The van der Waals surface area contributed by atoms with Gasteiger partial charge in [0.15, 0.2) is 0 Å². The van der Waals surface area contributed by atoms with Crippen molar-refractivity contribution < 1.29 is 4.79 Å². The summed E-state index contributed by atoms with van der Waals surface area (Å²) in [5.41, 5.74) is 8.35. The number of amides is 1. The van der Waals surface area contributed by atoms with E-state index in [9.17, 15) is 4.79 Å². The smallest absolute Gasteiger partial charge is 0.239 e. The van der Waals surface area contributed by atoms with Crippen LogP contribution in [0.4, 0.5) is 5.69 Å². The Kier molecular flexibility index (Phi) is 4.43. The molecular formula is C15H23N3O. The first-order valence-corrected chi connectivity index (χ1v) is 6.94. The van der Waals surface area contributed by atoms with Gasteiger partial charge in [-0.25, -0.2) is 0 Å². The molecule has 1 atom stereocenters. The van der Waals surface area contributed by atoms with Gasteiger partial charge in [0.05, 0.1) is 6.54 Å². The summed E-state index contributed by atoms with van der Waals surface area (Å²) in [5, 5.41) is 2.96. The Balaban J connectivity index is 2.02. The summed E-state index contributed by atoms with van der Waals surface area (Å²) in [5.74, 6) is 0.560. The van der Waals surface area contributed by atoms with Crippen LogP contribution in [0.2, 0.25) is 0 Å². The number of nitrogens with two attached hydrogens (primary N) is 1. The number of nitrogens with zero attached hydrogens (tertiary/aromatic N) is 1. The first-order valence-electron chi connectivity index (χ1n) is 6.94. The Morgan fingerprint density at radius 1 is 1.47 bits per heavy atom. The van der Waals surface area contributed by atoms with Gasteiger partial charge in [-0.1, -0.05) is 32.0 Å². The highest BCUT2D eigenvalue weighted by Gasteiger charge is 2.23. The van der Waals surface area contributed by atoms with Gasteiger partial charge in [0, 0.05) is 24.8 Å². The van der Waals surface area contributed by atoms with Gasteiger partial charge in [0.2, 0.25) is 5.91 Å². The van der Waals surface area contributed by atoms with Gasteiger partial charge < -0.3 is 16.0 Å². The molecule has 3 N–H and O–H groups in total. The molecule has 1 aromatic rings. The molecule has 4 nitrogen and oxygen atoms in total. The molecule has 1 unspecified atom stereocenters. The molecule has 19 heavy (non-hydrogen) atoms. The van der Waals surface area contributed by atoms with E-state index in [4.69, 9.17) is 5.73 Å². The zero-order chi connectivity index (χ0) is 13.8. The molecule has 104 valence electrons. The molecule has 0 bridgehead atoms. The molecule has 1 heterocycles. The maximum atomic E-state index is 11.9. The van der Waals surface area contributed by atoms with Crippen LogP contribution in [0.25, 0.3) is 0 Å². The lowest BCUT2D eigenvalue weighted by atomic mass is 9.97. The average molecular weight is 261 g/mol. The maximum Gasteiger partial charge on any atom is 0.239 e. The van der Waals surface area contributed by atoms with E-state index in [1.807, 2.05) is 18.2 Å². The predicted octanol–water partition coefficient (Wildman–Crippen LogP) is 1.67. The van der Waals surface area contributed by atoms with Gasteiger partial charge in [-0.3, -0.25) is 4.79 Å². The van der Waals surface area contributed by atoms with E-state index in [0.717, 1.165) is 30.8 Å². The van der Waals surface area contributed by atoms with Crippen LogP contribution in [0.15, 0.2) is 24.3 Å². The van der Waals surface area contributed by atoms with Crippen LogP contribution in [-0.4, -0.2) is 25.5 Å². The number of para-hydroxylation sites is 1. The molecule has 0 fully saturated rings. The number of carbonyl (C=O) groups excluding carboxylic acids is 1. The second-order valence-electron chi connectivity index (χ2n) is 5.57. The number of hydrogen-bond acceptors (Lipinski definition) is 3. The van der Waals surface area contributed by atoms with Crippen molar-refractivity contribution in [3.8, 4) is 0 Å². The van der Waals surface area contributed by atoms with Crippen LogP contribution in [0.3, 0.4) is 0 Å². The second kappa shape index (κ2) is 6.06. The minimum absolute atomic E-state index is 0.0824. The zero-order valence-electron chi connectivity index (χ0n) is 11.7. The summed E-state index contributed by atoms with van der Waals surface area (Å²) in [6, 6.07) is 8.19. The van der Waals surface area contributed by atoms with Crippen molar-refractivity contribution in [1.29, 1.82) is 0 Å². The standard InChI is InChI=1S/C15H23N3O/c1-11(2)9-17-15(19)10-18-8-7-13(16)12-5-3-4-6-14(12)18/h3-6,11,13H,7-10,16H2,1-2H3,(H,17,19). The Bertz CT molecular complexity index is 445. The Hall–Kier alpha value is -1.55. The van der Waals surface area contributed by atoms with E-state index in [1.54, 1.807) is 0 Å². The Labute approximate surface area is 115 Å². The molecule has 0 saturated carbocycles. The molecule has 1 amide bonds. The van der Waals surface area contributed by atoms with Crippen molar-refractivity contribution in [2.45, 2.75) is 26.3 Å². The number of rotatable bonds is 4. The minimum atomic E-state index is 0.0824. The fraction of sp³-hybridized carbons (Fsp3) is 0.533. The molecular weight excluding hydrogens is 238 g/mol. The number of nitrogens with one attached hydrogen (secondary N) is 1. The van der Waals surface area contributed by atoms with Crippen LogP contribution >= 0.6 is 0 Å². The van der Waals surface area contributed by atoms with Crippen LogP contribution in [0, 0.1) is 5.92 Å². The Morgan fingerprint density at radius 2 is 2.21 bits per heavy atom. The van der Waals surface area contributed by atoms with Crippen molar-refractivity contribution in [3.63, 3.8) is 0 Å². The van der Waals surface area contributed by atoms with Crippen molar-refractivity contribution in [2.75, 3.05) is 24.5 Å². The number of anilines is 1. The van der Waals surface area contributed by atoms with E-state index in [-0.39, 0.29) is 11.9 Å². The van der Waals surface area contributed by atoms with Crippen LogP contribution < -0.4 is 16.0 Å². The summed E-state index contributed by atoms with van der Waals surface area (Å²) < 4.78 is 0. The summed E-state index contributed by atoms with van der Waals surface area (Å²) in [6.45, 7) is 6.17. The SMILES string of the molecule is CC(C)CNC(=O)CN1CCC(N)c2ccccc21. The highest BCUT2D eigenvalue weighted by atomic mass is 16.2. The molecule has 0 radical (unpaired) electrons. The van der Waals surface area contributed by atoms with Crippen LogP contribution in [-0.2, 0) is 4.79 Å². The molecule has 4 heteroatoms. The highest BCUT2D eigenvalue weighted by molar-refractivity contribution is 5.82. The Morgan fingerprint density at radius 3 is 2.95 bits per heavy atom. The fourth-order valence-electron chi connectivity index (χ4n) is 2.37. The molecule has 0 spiro atoms. The molecule has 2 rings (SSSR count). The van der Waals surface area contributed by atoms with E-state index in [0.29, 0.717) is 12.5 Å². The third kappa shape index (κ3) is 3.47. The van der Waals surface area contributed by atoms with Crippen molar-refractivity contribution in [3.05, 3.63) is 29.8 Å². The van der Waals surface area contributed by atoms with E-state index in [2.05, 4.69) is 30.1 Å². The quantitative estimate of drug-likeness (QED) is 0.867. The van der Waals surface area contributed by atoms with Gasteiger partial charge >= 0.3 is 0 Å². The molecule has 1 aromatic carbocycles. The lowest BCUT2D eigenvalue weighted by molar-refractivity contribution is -0.119. The number of benzene rings is 1. The van der Waals surface area contributed by atoms with E-state index in [1.165, 1.54) is 0 Å². The fourth-order valence-corrected chi connectivity index (χ4v) is 2.37. The van der Waals surface area contributed by atoms with Gasteiger partial charge in [-0.05, 0) is 24.0 Å². The summed E-state index contributed by atoms with van der Waals surface area (Å²) in [7, 11) is 0. The van der Waals surface area contributed by atoms with E-state index < -0.39 is 0 Å². The van der Waals surface area contributed by atoms with Crippen molar-refractivity contribution in [2.24, 2.45) is 11.7 Å². The normalized spacial score (nSPS) is 18.3. The first-order chi connectivity index (χ1) is 9.08. The lowest BCUT2D eigenvalue weighted by Gasteiger charge is -2.33. The third-order valence-electron chi connectivity index (χ3n) is 3.43. The van der Waals surface area contributed by atoms with Crippen LogP contribution in [0.5, 0.6) is 0 Å². The number of hydrogen-bond donors (Lipinski definition) is 2. The largest absolute Gasteiger partial charge is 0.362 e. The average Bonchev–Trinajstić information content (AvgIpc) is 2.40. The topological polar surface area (TPSA) is 58.4 Å². The van der Waals surface area contributed by atoms with Gasteiger partial charge in [-0.2, -0.15) is 0 Å². The molecule has 0 aromatic heterocycles. The molecule has 0 aliphatic carbocycles. The van der Waals surface area contributed by atoms with E-state index >= 15 is 0 Å². The van der Waals surface area contributed by atoms with Crippen LogP contribution in [0.1, 0.15) is 31.9 Å².